The average Bonchev–Trinajstić information content (AvgIpc) is 2.42. The molecule has 5 heteroatoms. The van der Waals surface area contributed by atoms with Crippen molar-refractivity contribution in [2.24, 2.45) is 0 Å². The molecule has 0 unspecified atom stereocenters. The fourth-order valence-corrected chi connectivity index (χ4v) is 2.60. The lowest BCUT2D eigenvalue weighted by molar-refractivity contribution is -0.117. The van der Waals surface area contributed by atoms with Crippen LogP contribution in [0, 0.1) is 0 Å². The molecular weight excluding hydrogens is 306 g/mol. The zero-order chi connectivity index (χ0) is 13.7. The summed E-state index contributed by atoms with van der Waals surface area (Å²) in [4.78, 5) is 14.1. The van der Waals surface area contributed by atoms with E-state index < -0.39 is 0 Å². The maximum atomic E-state index is 12.0. The third-order valence-corrected chi connectivity index (χ3v) is 3.98. The van der Waals surface area contributed by atoms with Crippen LogP contribution in [0.3, 0.4) is 0 Å². The van der Waals surface area contributed by atoms with Gasteiger partial charge in [-0.25, -0.2) is 0 Å². The number of carbonyl (C=O) groups is 1. The lowest BCUT2D eigenvalue weighted by atomic mass is 10.1. The van der Waals surface area contributed by atoms with Crippen molar-refractivity contribution in [3.63, 3.8) is 0 Å². The molecule has 0 aromatic heterocycles. The van der Waals surface area contributed by atoms with Gasteiger partial charge in [-0.05, 0) is 57.2 Å². The molecule has 2 N–H and O–H groups in total. The second kappa shape index (κ2) is 7.03. The molecule has 1 saturated heterocycles. The molecule has 4 nitrogen and oxygen atoms in total. The van der Waals surface area contributed by atoms with Crippen molar-refractivity contribution in [3.05, 3.63) is 28.7 Å². The van der Waals surface area contributed by atoms with Crippen LogP contribution < -0.4 is 10.6 Å². The zero-order valence-electron chi connectivity index (χ0n) is 11.2. The molecule has 0 spiro atoms. The highest BCUT2D eigenvalue weighted by Crippen LogP contribution is 2.14. The van der Waals surface area contributed by atoms with Gasteiger partial charge in [-0.2, -0.15) is 0 Å². The Labute approximate surface area is 122 Å². The minimum Gasteiger partial charge on any atom is -0.325 e. The first-order valence-electron chi connectivity index (χ1n) is 6.61. The Bertz CT molecular complexity index is 415. The maximum Gasteiger partial charge on any atom is 0.238 e. The minimum absolute atomic E-state index is 0.0448. The van der Waals surface area contributed by atoms with Crippen molar-refractivity contribution in [1.29, 1.82) is 0 Å². The van der Waals surface area contributed by atoms with E-state index in [9.17, 15) is 4.79 Å². The summed E-state index contributed by atoms with van der Waals surface area (Å²) < 4.78 is 1.01. The Morgan fingerprint density at radius 2 is 2.00 bits per heavy atom. The molecule has 1 aromatic carbocycles. The summed E-state index contributed by atoms with van der Waals surface area (Å²) in [7, 11) is 2.02. The van der Waals surface area contributed by atoms with Crippen molar-refractivity contribution < 1.29 is 4.79 Å². The molecule has 0 atom stereocenters. The van der Waals surface area contributed by atoms with Crippen LogP contribution >= 0.6 is 15.9 Å². The molecule has 1 aliphatic rings. The number of halogens is 1. The summed E-state index contributed by atoms with van der Waals surface area (Å²) in [5.41, 5.74) is 0.840. The number of benzene rings is 1. The van der Waals surface area contributed by atoms with E-state index in [1.165, 1.54) is 0 Å². The number of nitrogens with zero attached hydrogens (tertiary/aromatic N) is 1. The van der Waals surface area contributed by atoms with E-state index in [1.54, 1.807) is 0 Å². The van der Waals surface area contributed by atoms with Gasteiger partial charge in [0.1, 0.15) is 0 Å². The number of nitrogens with one attached hydrogen (secondary N) is 2. The molecule has 2 rings (SSSR count). The molecule has 0 aliphatic carbocycles. The molecule has 19 heavy (non-hydrogen) atoms. The van der Waals surface area contributed by atoms with E-state index in [0.717, 1.165) is 36.1 Å². The highest BCUT2D eigenvalue weighted by Gasteiger charge is 2.19. The van der Waals surface area contributed by atoms with E-state index in [-0.39, 0.29) is 5.91 Å². The third-order valence-electron chi connectivity index (χ3n) is 3.45. The van der Waals surface area contributed by atoms with E-state index in [2.05, 4.69) is 31.5 Å². The number of rotatable bonds is 4. The second-order valence-electron chi connectivity index (χ2n) is 4.95. The van der Waals surface area contributed by atoms with E-state index >= 15 is 0 Å². The van der Waals surface area contributed by atoms with Gasteiger partial charge in [0.15, 0.2) is 0 Å². The van der Waals surface area contributed by atoms with Crippen LogP contribution in [0.25, 0.3) is 0 Å². The second-order valence-corrected chi connectivity index (χ2v) is 5.87. The number of hydrogen-bond donors (Lipinski definition) is 2. The highest BCUT2D eigenvalue weighted by molar-refractivity contribution is 9.10. The zero-order valence-corrected chi connectivity index (χ0v) is 12.7. The first-order valence-corrected chi connectivity index (χ1v) is 7.41. The van der Waals surface area contributed by atoms with Gasteiger partial charge in [0.2, 0.25) is 5.91 Å². The van der Waals surface area contributed by atoms with Crippen LogP contribution in [-0.2, 0) is 4.79 Å². The summed E-state index contributed by atoms with van der Waals surface area (Å²) in [6.07, 6.45) is 2.23. The topological polar surface area (TPSA) is 44.4 Å². The highest BCUT2D eigenvalue weighted by atomic mass is 79.9. The van der Waals surface area contributed by atoms with Gasteiger partial charge in [-0.15, -0.1) is 0 Å². The molecule has 1 aromatic rings. The van der Waals surface area contributed by atoms with Crippen LogP contribution in [0.4, 0.5) is 5.69 Å². The SMILES string of the molecule is CN(CC(=O)Nc1ccc(Br)cc1)C1CCNCC1. The number of hydrogen-bond acceptors (Lipinski definition) is 3. The van der Waals surface area contributed by atoms with Crippen molar-refractivity contribution in [2.75, 3.05) is 32.0 Å². The van der Waals surface area contributed by atoms with E-state index in [4.69, 9.17) is 0 Å². The molecule has 1 amide bonds. The maximum absolute atomic E-state index is 12.0. The van der Waals surface area contributed by atoms with Crippen molar-refractivity contribution in [3.8, 4) is 0 Å². The van der Waals surface area contributed by atoms with Crippen LogP contribution in [0.1, 0.15) is 12.8 Å². The minimum atomic E-state index is 0.0448. The van der Waals surface area contributed by atoms with Gasteiger partial charge in [-0.3, -0.25) is 9.69 Å². The van der Waals surface area contributed by atoms with Gasteiger partial charge in [0.25, 0.3) is 0 Å². The Morgan fingerprint density at radius 1 is 1.37 bits per heavy atom. The van der Waals surface area contributed by atoms with Gasteiger partial charge in [0, 0.05) is 16.2 Å². The van der Waals surface area contributed by atoms with Gasteiger partial charge in [0.05, 0.1) is 6.54 Å². The standard InChI is InChI=1S/C14H20BrN3O/c1-18(13-6-8-16-9-7-13)10-14(19)17-12-4-2-11(15)3-5-12/h2-5,13,16H,6-10H2,1H3,(H,17,19). The lowest BCUT2D eigenvalue weighted by Gasteiger charge is -2.31. The lowest BCUT2D eigenvalue weighted by Crippen LogP contribution is -2.44. The Kier molecular flexibility index (Phi) is 5.36. The van der Waals surface area contributed by atoms with Crippen molar-refractivity contribution in [2.45, 2.75) is 18.9 Å². The smallest absolute Gasteiger partial charge is 0.238 e. The van der Waals surface area contributed by atoms with Crippen molar-refractivity contribution in [1.82, 2.24) is 10.2 Å². The summed E-state index contributed by atoms with van der Waals surface area (Å²) in [5, 5.41) is 6.26. The van der Waals surface area contributed by atoms with Crippen LogP contribution in [0.2, 0.25) is 0 Å². The number of amides is 1. The number of likely N-dealkylation sites (N-methyl/N-ethyl adjacent to an activating group) is 1. The predicted molar refractivity (Wildman–Crippen MR) is 81.3 cm³/mol. The summed E-state index contributed by atoms with van der Waals surface area (Å²) in [6, 6.07) is 8.15. The molecular formula is C14H20BrN3O. The number of piperidine rings is 1. The Balaban J connectivity index is 1.81. The average molecular weight is 326 g/mol. The largest absolute Gasteiger partial charge is 0.325 e. The molecule has 0 saturated carbocycles. The molecule has 1 fully saturated rings. The molecule has 0 bridgehead atoms. The molecule has 0 radical (unpaired) electrons. The first-order chi connectivity index (χ1) is 9.15. The summed E-state index contributed by atoms with van der Waals surface area (Å²) >= 11 is 3.38. The number of carbonyl (C=O) groups excluding carboxylic acids is 1. The van der Waals surface area contributed by atoms with Crippen LogP contribution in [0.5, 0.6) is 0 Å². The van der Waals surface area contributed by atoms with Gasteiger partial charge in [-0.1, -0.05) is 15.9 Å². The fraction of sp³-hybridized carbons (Fsp3) is 0.500. The first kappa shape index (κ1) is 14.5. The monoisotopic (exact) mass is 325 g/mol. The van der Waals surface area contributed by atoms with Gasteiger partial charge < -0.3 is 10.6 Å². The third kappa shape index (κ3) is 4.60. The Hall–Kier alpha value is -0.910. The quantitative estimate of drug-likeness (QED) is 0.890. The van der Waals surface area contributed by atoms with Crippen LogP contribution in [-0.4, -0.2) is 43.5 Å². The van der Waals surface area contributed by atoms with Gasteiger partial charge >= 0.3 is 0 Å². The summed E-state index contributed by atoms with van der Waals surface area (Å²) in [6.45, 7) is 2.54. The van der Waals surface area contributed by atoms with Crippen LogP contribution in [0.15, 0.2) is 28.7 Å². The Morgan fingerprint density at radius 3 is 2.63 bits per heavy atom. The van der Waals surface area contributed by atoms with E-state index in [0.29, 0.717) is 12.6 Å². The van der Waals surface area contributed by atoms with Crippen molar-refractivity contribution >= 4 is 27.5 Å². The fourth-order valence-electron chi connectivity index (χ4n) is 2.34. The van der Waals surface area contributed by atoms with E-state index in [1.807, 2.05) is 31.3 Å². The predicted octanol–water partition coefficient (Wildman–Crippen LogP) is 2.07. The molecule has 104 valence electrons. The number of anilines is 1. The summed E-state index contributed by atoms with van der Waals surface area (Å²) in [5.74, 6) is 0.0448. The molecule has 1 heterocycles. The normalized spacial score (nSPS) is 16.6. The molecule has 1 aliphatic heterocycles.